The molecule has 45 heavy (non-hydrogen) atoms. The molecule has 3 aliphatic heterocycles. The van der Waals surface area contributed by atoms with Gasteiger partial charge in [0, 0.05) is 24.1 Å². The van der Waals surface area contributed by atoms with Crippen LogP contribution in [0.5, 0.6) is 11.8 Å². The van der Waals surface area contributed by atoms with Crippen LogP contribution < -0.4 is 9.64 Å². The number of aryl methyl sites for hydroxylation is 1. The normalized spacial score (nSPS) is 21.8. The predicted octanol–water partition coefficient (Wildman–Crippen LogP) is 5.99. The van der Waals surface area contributed by atoms with Crippen LogP contribution in [0.1, 0.15) is 56.7 Å². The van der Waals surface area contributed by atoms with Crippen molar-refractivity contribution < 1.29 is 23.4 Å². The highest BCUT2D eigenvalue weighted by molar-refractivity contribution is 6.03. The Labute approximate surface area is 261 Å². The lowest BCUT2D eigenvalue weighted by Gasteiger charge is -2.35. The fourth-order valence-corrected chi connectivity index (χ4v) is 7.55. The summed E-state index contributed by atoms with van der Waals surface area (Å²) >= 11 is 0. The number of terminal acetylenes is 1. The molecule has 234 valence electrons. The predicted molar refractivity (Wildman–Crippen MR) is 170 cm³/mol. The minimum absolute atomic E-state index is 0.0190. The zero-order valence-electron chi connectivity index (χ0n) is 25.7. The molecule has 10 heteroatoms. The highest BCUT2D eigenvalue weighted by Crippen LogP contribution is 2.42. The number of ether oxygens (including phenoxy) is 2. The first kappa shape index (κ1) is 29.6. The number of aromatic hydroxyl groups is 1. The Morgan fingerprint density at radius 1 is 1.16 bits per heavy atom. The van der Waals surface area contributed by atoms with Crippen molar-refractivity contribution in [1.82, 2.24) is 19.9 Å². The molecule has 2 aromatic heterocycles. The standard InChI is InChI=1S/C35H37F2N5O3/c1-4-12-35(13-6-14-41(35)3)20-45-34-39-32-29-27(11-9-22-19-44-16-7-15-42(22)33(29)40-34)38-31(30(32)37)25-18-23(43)17-21-8-10-26(36)24(5-2)28(21)25/h2,8,10,17-18,22,43H,4,6-7,9,11-16,19-20H2,1,3H3. The van der Waals surface area contributed by atoms with E-state index in [4.69, 9.17) is 30.8 Å². The number of benzene rings is 2. The van der Waals surface area contributed by atoms with Crippen LogP contribution in [0.4, 0.5) is 14.6 Å². The third-order valence-electron chi connectivity index (χ3n) is 9.83. The summed E-state index contributed by atoms with van der Waals surface area (Å²) in [6.45, 7) is 5.43. The second-order valence-corrected chi connectivity index (χ2v) is 12.5. The molecule has 5 heterocycles. The van der Waals surface area contributed by atoms with Gasteiger partial charge in [-0.3, -0.25) is 4.90 Å². The van der Waals surface area contributed by atoms with Crippen LogP contribution in [0.2, 0.25) is 0 Å². The zero-order chi connectivity index (χ0) is 31.3. The number of hydrogen-bond acceptors (Lipinski definition) is 8. The van der Waals surface area contributed by atoms with Crippen molar-refractivity contribution in [3.8, 4) is 35.4 Å². The smallest absolute Gasteiger partial charge is 0.319 e. The summed E-state index contributed by atoms with van der Waals surface area (Å²) in [5.74, 6) is 1.59. The first-order chi connectivity index (χ1) is 21.8. The molecule has 2 aromatic carbocycles. The van der Waals surface area contributed by atoms with E-state index in [0.29, 0.717) is 60.5 Å². The Balaban J connectivity index is 1.45. The summed E-state index contributed by atoms with van der Waals surface area (Å²) in [5, 5.41) is 12.0. The SMILES string of the molecule is C#Cc1c(F)ccc2cc(O)cc(-c3nc4c5c(nc(OCC6(CCC)CCCN6C)nc5c3F)N3CCCOCC3CC4)c12. The van der Waals surface area contributed by atoms with Crippen molar-refractivity contribution in [2.45, 2.75) is 63.5 Å². The van der Waals surface area contributed by atoms with Gasteiger partial charge >= 0.3 is 6.01 Å². The number of rotatable bonds is 6. The molecular formula is C35H37F2N5O3. The number of hydrogen-bond donors (Lipinski definition) is 1. The first-order valence-corrected chi connectivity index (χ1v) is 15.8. The summed E-state index contributed by atoms with van der Waals surface area (Å²) in [4.78, 5) is 19.0. The number of phenols is 1. The molecule has 0 saturated carbocycles. The topological polar surface area (TPSA) is 83.8 Å². The Morgan fingerprint density at radius 2 is 2.02 bits per heavy atom. The minimum atomic E-state index is -0.702. The van der Waals surface area contributed by atoms with Crippen LogP contribution in [0.3, 0.4) is 0 Å². The molecule has 2 fully saturated rings. The summed E-state index contributed by atoms with van der Waals surface area (Å²) in [7, 11) is 2.12. The zero-order valence-corrected chi connectivity index (χ0v) is 25.7. The van der Waals surface area contributed by atoms with Crippen molar-refractivity contribution in [2.24, 2.45) is 0 Å². The van der Waals surface area contributed by atoms with Gasteiger partial charge in [0.15, 0.2) is 5.82 Å². The highest BCUT2D eigenvalue weighted by atomic mass is 19.1. The number of halogens is 2. The van der Waals surface area contributed by atoms with Crippen molar-refractivity contribution in [3.63, 3.8) is 0 Å². The molecule has 2 atom stereocenters. The maximum atomic E-state index is 17.0. The van der Waals surface area contributed by atoms with Gasteiger partial charge in [-0.05, 0) is 75.7 Å². The molecule has 8 nitrogen and oxygen atoms in total. The van der Waals surface area contributed by atoms with Crippen LogP contribution >= 0.6 is 0 Å². The summed E-state index contributed by atoms with van der Waals surface area (Å²) in [6.07, 6.45) is 11.9. The Bertz CT molecular complexity index is 1840. The Hall–Kier alpha value is -4.07. The minimum Gasteiger partial charge on any atom is -0.508 e. The number of fused-ring (bicyclic) bond motifs is 3. The molecule has 2 unspecified atom stereocenters. The number of anilines is 1. The Morgan fingerprint density at radius 3 is 2.80 bits per heavy atom. The second kappa shape index (κ2) is 11.7. The number of likely N-dealkylation sites (N-methyl/N-ethyl adjacent to an activating group) is 1. The van der Waals surface area contributed by atoms with Crippen molar-refractivity contribution in [1.29, 1.82) is 0 Å². The number of phenolic OH excluding ortho intramolecular Hbond substituents is 1. The summed E-state index contributed by atoms with van der Waals surface area (Å²) < 4.78 is 44.3. The van der Waals surface area contributed by atoms with E-state index in [9.17, 15) is 9.50 Å². The lowest BCUT2D eigenvalue weighted by molar-refractivity contribution is 0.0828. The van der Waals surface area contributed by atoms with Gasteiger partial charge in [0.1, 0.15) is 35.2 Å². The maximum Gasteiger partial charge on any atom is 0.319 e. The number of pyridine rings is 1. The van der Waals surface area contributed by atoms with E-state index in [1.807, 2.05) is 0 Å². The van der Waals surface area contributed by atoms with Gasteiger partial charge in [0.2, 0.25) is 0 Å². The van der Waals surface area contributed by atoms with E-state index in [2.05, 4.69) is 29.7 Å². The molecule has 2 saturated heterocycles. The van der Waals surface area contributed by atoms with E-state index >= 15 is 4.39 Å². The average molecular weight is 614 g/mol. The second-order valence-electron chi connectivity index (χ2n) is 12.5. The molecule has 0 amide bonds. The van der Waals surface area contributed by atoms with Crippen LogP contribution in [0.25, 0.3) is 32.9 Å². The summed E-state index contributed by atoms with van der Waals surface area (Å²) in [6, 6.07) is 5.76. The van der Waals surface area contributed by atoms with Crippen molar-refractivity contribution in [2.75, 3.05) is 44.9 Å². The number of nitrogens with zero attached hydrogens (tertiary/aromatic N) is 5. The van der Waals surface area contributed by atoms with Crippen LogP contribution in [-0.2, 0) is 11.2 Å². The lowest BCUT2D eigenvalue weighted by atomic mass is 9.92. The van der Waals surface area contributed by atoms with E-state index in [1.165, 1.54) is 24.3 Å². The van der Waals surface area contributed by atoms with E-state index in [1.54, 1.807) is 0 Å². The van der Waals surface area contributed by atoms with Gasteiger partial charge in [0.05, 0.1) is 34.8 Å². The molecule has 0 spiro atoms. The third kappa shape index (κ3) is 5.02. The number of aromatic nitrogens is 3. The van der Waals surface area contributed by atoms with Crippen molar-refractivity contribution in [3.05, 3.63) is 47.2 Å². The van der Waals surface area contributed by atoms with Crippen LogP contribution in [0.15, 0.2) is 24.3 Å². The quantitative estimate of drug-likeness (QED) is 0.266. The fourth-order valence-electron chi connectivity index (χ4n) is 7.55. The van der Waals surface area contributed by atoms with Gasteiger partial charge in [0.25, 0.3) is 0 Å². The molecule has 4 aromatic rings. The van der Waals surface area contributed by atoms with E-state index in [-0.39, 0.29) is 45.7 Å². The van der Waals surface area contributed by atoms with E-state index < -0.39 is 11.6 Å². The van der Waals surface area contributed by atoms with E-state index in [0.717, 1.165) is 45.1 Å². The largest absolute Gasteiger partial charge is 0.508 e. The molecule has 0 aliphatic carbocycles. The lowest BCUT2D eigenvalue weighted by Crippen LogP contribution is -2.46. The average Bonchev–Trinajstić information content (AvgIpc) is 3.17. The monoisotopic (exact) mass is 613 g/mol. The van der Waals surface area contributed by atoms with Crippen molar-refractivity contribution >= 4 is 27.5 Å². The van der Waals surface area contributed by atoms with Gasteiger partial charge < -0.3 is 19.5 Å². The van der Waals surface area contributed by atoms with Gasteiger partial charge in [-0.15, -0.1) is 6.42 Å². The highest BCUT2D eigenvalue weighted by Gasteiger charge is 2.39. The molecule has 0 radical (unpaired) electrons. The van der Waals surface area contributed by atoms with Crippen LogP contribution in [-0.4, -0.2) is 76.5 Å². The molecule has 3 aliphatic rings. The fraction of sp³-hybridized carbons (Fsp3) is 0.457. The molecule has 0 bridgehead atoms. The van der Waals surface area contributed by atoms with Gasteiger partial charge in [-0.1, -0.05) is 25.3 Å². The van der Waals surface area contributed by atoms with Gasteiger partial charge in [-0.2, -0.15) is 9.97 Å². The first-order valence-electron chi connectivity index (χ1n) is 15.8. The van der Waals surface area contributed by atoms with Crippen LogP contribution in [0, 0.1) is 24.0 Å². The molecule has 7 rings (SSSR count). The maximum absolute atomic E-state index is 17.0. The Kier molecular flexibility index (Phi) is 7.70. The number of likely N-dealkylation sites (tertiary alicyclic amines) is 1. The third-order valence-corrected chi connectivity index (χ3v) is 9.83. The molecular weight excluding hydrogens is 576 g/mol. The summed E-state index contributed by atoms with van der Waals surface area (Å²) in [5.41, 5.74) is 0.706. The molecule has 1 N–H and O–H groups in total. The van der Waals surface area contributed by atoms with Gasteiger partial charge in [-0.25, -0.2) is 13.8 Å².